The molecular formula is C15H14F3N3O3S. The molecule has 2 N–H and O–H groups in total. The van der Waals surface area contributed by atoms with Gasteiger partial charge in [-0.3, -0.25) is 14.4 Å². The maximum absolute atomic E-state index is 13.4. The van der Waals surface area contributed by atoms with Crippen LogP contribution < -0.4 is 15.5 Å². The highest BCUT2D eigenvalue weighted by Crippen LogP contribution is 2.19. The number of hydrogen-bond donors (Lipinski definition) is 2. The van der Waals surface area contributed by atoms with Gasteiger partial charge < -0.3 is 15.2 Å². The number of nitrogens with zero attached hydrogens (tertiary/aromatic N) is 1. The lowest BCUT2D eigenvalue weighted by atomic mass is 10.2. The second-order valence-corrected chi connectivity index (χ2v) is 5.91. The SMILES string of the molecule is Cc1csc(=O)n1CCC(=O)NCC(=O)Nc1ccc(F)c(F)c1F. The molecule has 134 valence electrons. The van der Waals surface area contributed by atoms with E-state index in [0.29, 0.717) is 6.07 Å². The lowest BCUT2D eigenvalue weighted by molar-refractivity contribution is -0.124. The number of thiazole rings is 1. The van der Waals surface area contributed by atoms with Gasteiger partial charge in [0.25, 0.3) is 0 Å². The maximum Gasteiger partial charge on any atom is 0.307 e. The van der Waals surface area contributed by atoms with Crippen molar-refractivity contribution >= 4 is 28.8 Å². The average Bonchev–Trinajstić information content (AvgIpc) is 2.90. The van der Waals surface area contributed by atoms with Crippen molar-refractivity contribution in [3.8, 4) is 0 Å². The predicted molar refractivity (Wildman–Crippen MR) is 85.9 cm³/mol. The third kappa shape index (κ3) is 4.69. The number of aryl methyl sites for hydroxylation is 1. The van der Waals surface area contributed by atoms with Crippen LogP contribution in [-0.4, -0.2) is 22.9 Å². The van der Waals surface area contributed by atoms with E-state index in [4.69, 9.17) is 0 Å². The van der Waals surface area contributed by atoms with Gasteiger partial charge in [-0.1, -0.05) is 11.3 Å². The zero-order valence-corrected chi connectivity index (χ0v) is 13.9. The molecule has 0 bridgehead atoms. The number of benzene rings is 1. The van der Waals surface area contributed by atoms with Crippen molar-refractivity contribution < 1.29 is 22.8 Å². The van der Waals surface area contributed by atoms with E-state index in [9.17, 15) is 27.6 Å². The summed E-state index contributed by atoms with van der Waals surface area (Å²) in [7, 11) is 0. The van der Waals surface area contributed by atoms with E-state index >= 15 is 0 Å². The van der Waals surface area contributed by atoms with Gasteiger partial charge in [0.05, 0.1) is 12.2 Å². The summed E-state index contributed by atoms with van der Waals surface area (Å²) in [4.78, 5) is 34.7. The normalized spacial score (nSPS) is 10.6. The zero-order chi connectivity index (χ0) is 18.6. The molecule has 25 heavy (non-hydrogen) atoms. The predicted octanol–water partition coefficient (Wildman–Crippen LogP) is 1.78. The molecule has 2 aromatic rings. The molecule has 2 rings (SSSR count). The fourth-order valence-electron chi connectivity index (χ4n) is 1.97. The van der Waals surface area contributed by atoms with Crippen molar-refractivity contribution in [2.45, 2.75) is 19.9 Å². The van der Waals surface area contributed by atoms with Gasteiger partial charge in [0, 0.05) is 24.0 Å². The first-order valence-corrected chi connectivity index (χ1v) is 8.02. The number of hydrogen-bond acceptors (Lipinski definition) is 4. The van der Waals surface area contributed by atoms with Gasteiger partial charge in [0.2, 0.25) is 11.8 Å². The van der Waals surface area contributed by atoms with Gasteiger partial charge in [0.15, 0.2) is 17.5 Å². The molecule has 1 heterocycles. The standard InChI is InChI=1S/C15H14F3N3O3S/c1-8-7-25-15(24)21(8)5-4-11(22)19-6-12(23)20-10-3-2-9(16)13(17)14(10)18/h2-3,7H,4-6H2,1H3,(H,19,22)(H,20,23). The molecule has 0 unspecified atom stereocenters. The smallest absolute Gasteiger partial charge is 0.307 e. The molecule has 0 saturated heterocycles. The largest absolute Gasteiger partial charge is 0.347 e. The molecule has 0 atom stereocenters. The number of halogens is 3. The Morgan fingerprint density at radius 3 is 2.52 bits per heavy atom. The topological polar surface area (TPSA) is 80.2 Å². The van der Waals surface area contributed by atoms with Gasteiger partial charge >= 0.3 is 4.87 Å². The Morgan fingerprint density at radius 1 is 1.16 bits per heavy atom. The minimum atomic E-state index is -1.70. The van der Waals surface area contributed by atoms with Gasteiger partial charge in [-0.05, 0) is 19.1 Å². The molecule has 0 aliphatic carbocycles. The Labute approximate surface area is 144 Å². The van der Waals surface area contributed by atoms with Crippen LogP contribution in [0.25, 0.3) is 0 Å². The molecule has 0 saturated carbocycles. The van der Waals surface area contributed by atoms with Crippen molar-refractivity contribution in [3.05, 3.63) is 50.3 Å². The van der Waals surface area contributed by atoms with Gasteiger partial charge in [-0.25, -0.2) is 13.2 Å². The van der Waals surface area contributed by atoms with E-state index in [0.717, 1.165) is 23.1 Å². The first kappa shape index (κ1) is 18.7. The highest BCUT2D eigenvalue weighted by atomic mass is 32.1. The first-order chi connectivity index (χ1) is 11.8. The van der Waals surface area contributed by atoms with Crippen molar-refractivity contribution in [2.24, 2.45) is 0 Å². The molecular weight excluding hydrogens is 359 g/mol. The molecule has 2 amide bonds. The minimum absolute atomic E-state index is 0.0235. The highest BCUT2D eigenvalue weighted by Gasteiger charge is 2.15. The Morgan fingerprint density at radius 2 is 1.88 bits per heavy atom. The molecule has 0 aliphatic heterocycles. The van der Waals surface area contributed by atoms with E-state index in [1.54, 1.807) is 12.3 Å². The number of carbonyl (C=O) groups excluding carboxylic acids is 2. The number of rotatable bonds is 6. The van der Waals surface area contributed by atoms with E-state index in [1.807, 2.05) is 5.32 Å². The number of carbonyl (C=O) groups is 2. The van der Waals surface area contributed by atoms with E-state index in [1.165, 1.54) is 4.57 Å². The third-order valence-corrected chi connectivity index (χ3v) is 4.18. The summed E-state index contributed by atoms with van der Waals surface area (Å²) >= 11 is 1.02. The molecule has 6 nitrogen and oxygen atoms in total. The Balaban J connectivity index is 1.83. The summed E-state index contributed by atoms with van der Waals surface area (Å²) in [6.45, 7) is 1.42. The molecule has 1 aromatic heterocycles. The molecule has 10 heteroatoms. The zero-order valence-electron chi connectivity index (χ0n) is 13.1. The van der Waals surface area contributed by atoms with Crippen LogP contribution in [0.4, 0.5) is 18.9 Å². The van der Waals surface area contributed by atoms with Crippen LogP contribution in [0, 0.1) is 24.4 Å². The highest BCUT2D eigenvalue weighted by molar-refractivity contribution is 7.07. The molecule has 0 aliphatic rings. The lowest BCUT2D eigenvalue weighted by Crippen LogP contribution is -2.34. The Hall–Kier alpha value is -2.62. The molecule has 0 radical (unpaired) electrons. The van der Waals surface area contributed by atoms with E-state index in [-0.39, 0.29) is 17.8 Å². The van der Waals surface area contributed by atoms with Crippen LogP contribution in [0.15, 0.2) is 22.3 Å². The molecule has 0 spiro atoms. The fraction of sp³-hybridized carbons (Fsp3) is 0.267. The van der Waals surface area contributed by atoms with E-state index < -0.39 is 41.5 Å². The van der Waals surface area contributed by atoms with Crippen molar-refractivity contribution in [3.63, 3.8) is 0 Å². The summed E-state index contributed by atoms with van der Waals surface area (Å²) in [6, 6.07) is 1.55. The summed E-state index contributed by atoms with van der Waals surface area (Å²) in [5.74, 6) is -5.88. The number of anilines is 1. The van der Waals surface area contributed by atoms with Crippen LogP contribution in [0.3, 0.4) is 0 Å². The van der Waals surface area contributed by atoms with Gasteiger partial charge in [-0.15, -0.1) is 0 Å². The van der Waals surface area contributed by atoms with Gasteiger partial charge in [0.1, 0.15) is 0 Å². The summed E-state index contributed by atoms with van der Waals surface area (Å²) in [5, 5.41) is 6.00. The second-order valence-electron chi connectivity index (χ2n) is 5.09. The fourth-order valence-corrected chi connectivity index (χ4v) is 2.73. The summed E-state index contributed by atoms with van der Waals surface area (Å²) < 4.78 is 40.7. The van der Waals surface area contributed by atoms with Crippen molar-refractivity contribution in [1.82, 2.24) is 9.88 Å². The molecule has 0 fully saturated rings. The second kappa shape index (κ2) is 7.97. The Bertz CT molecular complexity index is 863. The lowest BCUT2D eigenvalue weighted by Gasteiger charge is -2.09. The van der Waals surface area contributed by atoms with Crippen molar-refractivity contribution in [2.75, 3.05) is 11.9 Å². The average molecular weight is 373 g/mol. The third-order valence-electron chi connectivity index (χ3n) is 3.29. The molecule has 1 aromatic carbocycles. The number of aromatic nitrogens is 1. The first-order valence-electron chi connectivity index (χ1n) is 7.14. The minimum Gasteiger partial charge on any atom is -0.347 e. The number of amides is 2. The quantitative estimate of drug-likeness (QED) is 0.758. The Kier molecular flexibility index (Phi) is 5.97. The monoisotopic (exact) mass is 373 g/mol. The van der Waals surface area contributed by atoms with Crippen molar-refractivity contribution in [1.29, 1.82) is 0 Å². The van der Waals surface area contributed by atoms with Crippen LogP contribution in [0.1, 0.15) is 12.1 Å². The summed E-state index contributed by atoms with van der Waals surface area (Å²) in [5.41, 5.74) is 0.202. The van der Waals surface area contributed by atoms with Gasteiger partial charge in [-0.2, -0.15) is 0 Å². The van der Waals surface area contributed by atoms with E-state index in [2.05, 4.69) is 5.32 Å². The van der Waals surface area contributed by atoms with Crippen LogP contribution in [0.5, 0.6) is 0 Å². The van der Waals surface area contributed by atoms with Crippen LogP contribution >= 0.6 is 11.3 Å². The number of nitrogens with one attached hydrogen (secondary N) is 2. The summed E-state index contributed by atoms with van der Waals surface area (Å²) in [6.07, 6.45) is -0.0235. The van der Waals surface area contributed by atoms with Crippen LogP contribution in [-0.2, 0) is 16.1 Å². The van der Waals surface area contributed by atoms with Crippen LogP contribution in [0.2, 0.25) is 0 Å². The maximum atomic E-state index is 13.4.